The van der Waals surface area contributed by atoms with Crippen molar-refractivity contribution in [1.29, 1.82) is 0 Å². The number of allylic oxidation sites excluding steroid dienone is 1. The molecule has 2 aliphatic rings. The molecule has 0 aromatic heterocycles. The number of carbonyl (C=O) groups is 2. The summed E-state index contributed by atoms with van der Waals surface area (Å²) in [6.45, 7) is 8.35. The SMILES string of the molecule is C=C(/C(F)=C(\N=C(N)Cl)NNC(=O)[C@H](CC1CCCC1)CN(O)C=O)N1CCC(N(C)C)C1(C)C. The molecule has 1 aliphatic carbocycles. The van der Waals surface area contributed by atoms with E-state index in [0.717, 1.165) is 32.1 Å². The number of nitrogens with zero attached hydrogens (tertiary/aromatic N) is 4. The highest BCUT2D eigenvalue weighted by Gasteiger charge is 2.44. The van der Waals surface area contributed by atoms with Crippen LogP contribution in [0.25, 0.3) is 0 Å². The predicted octanol–water partition coefficient (Wildman–Crippen LogP) is 2.27. The summed E-state index contributed by atoms with van der Waals surface area (Å²) in [6.07, 6.45) is 5.68. The first-order chi connectivity index (χ1) is 16.4. The van der Waals surface area contributed by atoms with Crippen LogP contribution in [0.1, 0.15) is 52.4 Å². The molecule has 0 spiro atoms. The van der Waals surface area contributed by atoms with Crippen LogP contribution in [0.5, 0.6) is 0 Å². The summed E-state index contributed by atoms with van der Waals surface area (Å²) in [5.74, 6) is -2.12. The van der Waals surface area contributed by atoms with Crippen LogP contribution in [0, 0.1) is 11.8 Å². The van der Waals surface area contributed by atoms with Crippen molar-refractivity contribution in [1.82, 2.24) is 25.7 Å². The molecule has 1 aliphatic heterocycles. The molecule has 0 aromatic rings. The Morgan fingerprint density at radius 2 is 1.97 bits per heavy atom. The van der Waals surface area contributed by atoms with Gasteiger partial charge in [-0.3, -0.25) is 25.6 Å². The number of rotatable bonds is 12. The molecule has 2 rings (SSSR count). The number of amides is 2. The zero-order valence-corrected chi connectivity index (χ0v) is 21.8. The average Bonchev–Trinajstić information content (AvgIpc) is 3.41. The lowest BCUT2D eigenvalue weighted by molar-refractivity contribution is -0.155. The molecule has 12 heteroatoms. The van der Waals surface area contributed by atoms with E-state index in [1.165, 1.54) is 0 Å². The van der Waals surface area contributed by atoms with Gasteiger partial charge in [-0.2, -0.15) is 4.99 Å². The van der Waals surface area contributed by atoms with Gasteiger partial charge in [0.1, 0.15) is 0 Å². The standard InChI is InChI=1S/C23H39ClFN7O3/c1-15(32-11-10-18(30(4)5)23(32,2)3)19(25)20(27-22(24)26)28-29-21(34)17(13-31(35)14-33)12-16-8-6-7-9-16/h14,16-18,28,35H,1,6-13H2,2-5H3,(H2,26,27)(H,29,34)/b20-19-/t17-,18?/m1/s1. The zero-order chi connectivity index (χ0) is 26.3. The van der Waals surface area contributed by atoms with Gasteiger partial charge in [0.25, 0.3) is 0 Å². The van der Waals surface area contributed by atoms with Crippen LogP contribution in [0.2, 0.25) is 0 Å². The number of nitrogens with two attached hydrogens (primary N) is 1. The number of hydroxylamine groups is 2. The van der Waals surface area contributed by atoms with Gasteiger partial charge in [-0.1, -0.05) is 32.3 Å². The van der Waals surface area contributed by atoms with Gasteiger partial charge in [-0.15, -0.1) is 0 Å². The molecular formula is C23H39ClFN7O3. The third-order valence-corrected chi connectivity index (χ3v) is 7.15. The topological polar surface area (TPSA) is 127 Å². The van der Waals surface area contributed by atoms with Crippen LogP contribution in [0.15, 0.2) is 28.9 Å². The van der Waals surface area contributed by atoms with Crippen molar-refractivity contribution in [2.45, 2.75) is 64.0 Å². The van der Waals surface area contributed by atoms with Crippen molar-refractivity contribution in [3.8, 4) is 0 Å². The van der Waals surface area contributed by atoms with Crippen LogP contribution < -0.4 is 16.6 Å². The number of halogens is 2. The van der Waals surface area contributed by atoms with Crippen molar-refractivity contribution in [2.75, 3.05) is 27.2 Å². The van der Waals surface area contributed by atoms with Crippen LogP contribution in [0.4, 0.5) is 4.39 Å². The molecule has 2 atom stereocenters. The lowest BCUT2D eigenvalue weighted by Crippen LogP contribution is -2.50. The summed E-state index contributed by atoms with van der Waals surface area (Å²) < 4.78 is 15.6. The second-order valence-electron chi connectivity index (χ2n) is 10.0. The molecule has 1 heterocycles. The largest absolute Gasteiger partial charge is 0.374 e. The van der Waals surface area contributed by atoms with Gasteiger partial charge >= 0.3 is 0 Å². The molecule has 1 saturated carbocycles. The fourth-order valence-electron chi connectivity index (χ4n) is 5.34. The summed E-state index contributed by atoms with van der Waals surface area (Å²) in [5, 5.41) is 9.66. The Labute approximate surface area is 212 Å². The number of nitrogens with one attached hydrogen (secondary N) is 2. The maximum atomic E-state index is 15.6. The van der Waals surface area contributed by atoms with Crippen molar-refractivity contribution in [2.24, 2.45) is 22.6 Å². The van der Waals surface area contributed by atoms with E-state index in [1.807, 2.05) is 32.8 Å². The van der Waals surface area contributed by atoms with E-state index in [9.17, 15) is 14.8 Å². The molecule has 2 fully saturated rings. The van der Waals surface area contributed by atoms with E-state index in [2.05, 4.69) is 27.3 Å². The van der Waals surface area contributed by atoms with Crippen LogP contribution in [-0.4, -0.2) is 76.4 Å². The minimum atomic E-state index is -0.814. The van der Waals surface area contributed by atoms with Crippen LogP contribution >= 0.6 is 11.6 Å². The van der Waals surface area contributed by atoms with Gasteiger partial charge in [-0.25, -0.2) is 9.45 Å². The Morgan fingerprint density at radius 1 is 1.34 bits per heavy atom. The predicted molar refractivity (Wildman–Crippen MR) is 134 cm³/mol. The fraction of sp³-hybridized carbons (Fsp3) is 0.696. The third kappa shape index (κ3) is 7.55. The number of likely N-dealkylation sites (N-methyl/N-ethyl adjacent to an activating group) is 1. The number of hydrazine groups is 1. The smallest absolute Gasteiger partial charge is 0.243 e. The van der Waals surface area contributed by atoms with Gasteiger partial charge in [-0.05, 0) is 58.3 Å². The quantitative estimate of drug-likeness (QED) is 0.0597. The normalized spacial score (nSPS) is 22.1. The summed E-state index contributed by atoms with van der Waals surface area (Å²) in [4.78, 5) is 31.6. The Morgan fingerprint density at radius 3 is 2.49 bits per heavy atom. The van der Waals surface area contributed by atoms with Crippen LogP contribution in [-0.2, 0) is 9.59 Å². The molecule has 0 bridgehead atoms. The van der Waals surface area contributed by atoms with Crippen molar-refractivity contribution >= 4 is 29.2 Å². The number of likely N-dealkylation sites (tertiary alicyclic amines) is 1. The molecule has 0 aromatic carbocycles. The highest BCUT2D eigenvalue weighted by molar-refractivity contribution is 6.64. The Kier molecular flexibility index (Phi) is 10.3. The fourth-order valence-corrected chi connectivity index (χ4v) is 5.43. The van der Waals surface area contributed by atoms with E-state index < -0.39 is 34.3 Å². The maximum absolute atomic E-state index is 15.6. The van der Waals surface area contributed by atoms with E-state index in [1.54, 1.807) is 0 Å². The van der Waals surface area contributed by atoms with E-state index in [4.69, 9.17) is 17.3 Å². The second-order valence-corrected chi connectivity index (χ2v) is 10.4. The van der Waals surface area contributed by atoms with Crippen LogP contribution in [0.3, 0.4) is 0 Å². The Balaban J connectivity index is 2.19. The summed E-state index contributed by atoms with van der Waals surface area (Å²) in [7, 11) is 3.96. The van der Waals surface area contributed by atoms with Gasteiger partial charge in [0.15, 0.2) is 16.9 Å². The Bertz CT molecular complexity index is 839. The van der Waals surface area contributed by atoms with Crippen molar-refractivity contribution in [3.63, 3.8) is 0 Å². The van der Waals surface area contributed by atoms with E-state index >= 15 is 4.39 Å². The van der Waals surface area contributed by atoms with Crippen molar-refractivity contribution in [3.05, 3.63) is 23.9 Å². The van der Waals surface area contributed by atoms with Crippen molar-refractivity contribution < 1.29 is 19.2 Å². The average molecular weight is 516 g/mol. The minimum Gasteiger partial charge on any atom is -0.374 e. The number of aliphatic imine (C=N–C) groups is 1. The summed E-state index contributed by atoms with van der Waals surface area (Å²) >= 11 is 5.73. The lowest BCUT2D eigenvalue weighted by Gasteiger charge is -2.40. The molecule has 5 N–H and O–H groups in total. The number of hydrogen-bond donors (Lipinski definition) is 4. The molecule has 10 nitrogen and oxygen atoms in total. The molecule has 1 unspecified atom stereocenters. The second kappa shape index (κ2) is 12.5. The maximum Gasteiger partial charge on any atom is 0.243 e. The van der Waals surface area contributed by atoms with E-state index in [-0.39, 0.29) is 24.7 Å². The monoisotopic (exact) mass is 515 g/mol. The molecular weight excluding hydrogens is 477 g/mol. The summed E-state index contributed by atoms with van der Waals surface area (Å²) in [6, 6.07) is 0.181. The highest BCUT2D eigenvalue weighted by Crippen LogP contribution is 2.37. The first-order valence-corrected chi connectivity index (χ1v) is 12.3. The highest BCUT2D eigenvalue weighted by atomic mass is 35.5. The minimum absolute atomic E-state index is 0.0859. The zero-order valence-electron chi connectivity index (χ0n) is 21.1. The van der Waals surface area contributed by atoms with E-state index in [0.29, 0.717) is 23.9 Å². The van der Waals surface area contributed by atoms with Gasteiger partial charge in [0.05, 0.1) is 23.7 Å². The number of carbonyl (C=O) groups excluding carboxylic acids is 2. The van der Waals surface area contributed by atoms with Gasteiger partial charge in [0, 0.05) is 12.6 Å². The molecule has 2 amide bonds. The third-order valence-electron chi connectivity index (χ3n) is 7.06. The summed E-state index contributed by atoms with van der Waals surface area (Å²) in [5.41, 5.74) is 10.1. The first kappa shape index (κ1) is 28.9. The molecule has 1 saturated heterocycles. The first-order valence-electron chi connectivity index (χ1n) is 11.9. The Hall–Kier alpha value is -2.37. The molecule has 35 heavy (non-hydrogen) atoms. The molecule has 198 valence electrons. The molecule has 0 radical (unpaired) electrons. The number of amidine groups is 1. The lowest BCUT2D eigenvalue weighted by atomic mass is 9.92. The van der Waals surface area contributed by atoms with Gasteiger partial charge in [0.2, 0.25) is 12.3 Å². The van der Waals surface area contributed by atoms with Gasteiger partial charge < -0.3 is 15.5 Å². The number of hydrogen-bond acceptors (Lipinski definition) is 7.